The van der Waals surface area contributed by atoms with Crippen LogP contribution in [0.2, 0.25) is 0 Å². The molecule has 0 radical (unpaired) electrons. The van der Waals surface area contributed by atoms with Gasteiger partial charge in [0.15, 0.2) is 6.54 Å². The van der Waals surface area contributed by atoms with Crippen molar-refractivity contribution in [2.24, 2.45) is 7.05 Å². The maximum absolute atomic E-state index is 12.3. The van der Waals surface area contributed by atoms with E-state index in [0.717, 1.165) is 39.0 Å². The first-order valence-electron chi connectivity index (χ1n) is 7.90. The molecule has 1 amide bonds. The first-order chi connectivity index (χ1) is 11.4. The number of nitrogens with one attached hydrogen (secondary N) is 2. The number of quaternary nitrogens is 1. The Morgan fingerprint density at radius 1 is 1.33 bits per heavy atom. The Balaban J connectivity index is 1.61. The second kappa shape index (κ2) is 6.70. The number of hydrogen-bond acceptors (Lipinski definition) is 4. The number of para-hydroxylation sites is 1. The molecule has 7 heteroatoms. The van der Waals surface area contributed by atoms with Gasteiger partial charge in [0.05, 0.1) is 34.3 Å². The van der Waals surface area contributed by atoms with E-state index in [1.807, 2.05) is 46.1 Å². The molecule has 0 fully saturated rings. The van der Waals surface area contributed by atoms with Crippen LogP contribution in [0.15, 0.2) is 24.3 Å². The molecule has 2 aromatic heterocycles. The minimum atomic E-state index is -0.00666. The molecule has 0 aliphatic heterocycles. The molecule has 126 valence electrons. The normalized spacial score (nSPS) is 12.5. The first-order valence-corrected chi connectivity index (χ1v) is 8.71. The van der Waals surface area contributed by atoms with Gasteiger partial charge in [-0.15, -0.1) is 11.3 Å². The number of aromatic nitrogens is 3. The molecule has 0 bridgehead atoms. The number of carbonyl (C=O) groups is 1. The summed E-state index contributed by atoms with van der Waals surface area (Å²) in [7, 11) is 3.89. The summed E-state index contributed by atoms with van der Waals surface area (Å²) in [5, 5.41) is 8.36. The summed E-state index contributed by atoms with van der Waals surface area (Å²) in [5.41, 5.74) is 3.64. The van der Waals surface area contributed by atoms with Gasteiger partial charge in [-0.05, 0) is 26.0 Å². The summed E-state index contributed by atoms with van der Waals surface area (Å²) >= 11 is 1.69. The van der Waals surface area contributed by atoms with Gasteiger partial charge in [0.1, 0.15) is 11.6 Å². The number of thiazole rings is 1. The predicted molar refractivity (Wildman–Crippen MR) is 96.4 cm³/mol. The van der Waals surface area contributed by atoms with Crippen molar-refractivity contribution >= 4 is 33.1 Å². The molecule has 1 atom stereocenters. The predicted octanol–water partition coefficient (Wildman–Crippen LogP) is 1.30. The van der Waals surface area contributed by atoms with Crippen molar-refractivity contribution in [3.8, 4) is 0 Å². The molecule has 3 aromatic rings. The standard InChI is InChI=1S/C17H21N5OS/c1-11-17(12(2)22(4)20-11)19-15(23)9-21(3)10-16-18-13-7-5-6-8-14(13)24-16/h5-8H,9-10H2,1-4H3,(H,19,23)/p+1. The molecule has 1 unspecified atom stereocenters. The van der Waals surface area contributed by atoms with Gasteiger partial charge in [0.25, 0.3) is 5.91 Å². The van der Waals surface area contributed by atoms with Crippen molar-refractivity contribution in [2.75, 3.05) is 18.9 Å². The van der Waals surface area contributed by atoms with Crippen LogP contribution in [0.4, 0.5) is 5.69 Å². The number of amides is 1. The number of aryl methyl sites for hydroxylation is 2. The minimum absolute atomic E-state index is 0.00666. The van der Waals surface area contributed by atoms with Crippen LogP contribution in [-0.4, -0.2) is 34.3 Å². The lowest BCUT2D eigenvalue weighted by Gasteiger charge is -2.12. The molecule has 6 nitrogen and oxygen atoms in total. The lowest BCUT2D eigenvalue weighted by atomic mass is 10.3. The van der Waals surface area contributed by atoms with Crippen molar-refractivity contribution in [3.05, 3.63) is 40.7 Å². The highest BCUT2D eigenvalue weighted by atomic mass is 32.1. The molecular formula is C17H22N5OS+. The highest BCUT2D eigenvalue weighted by Gasteiger charge is 2.17. The first kappa shape index (κ1) is 16.6. The van der Waals surface area contributed by atoms with Crippen LogP contribution < -0.4 is 10.2 Å². The zero-order chi connectivity index (χ0) is 17.3. The smallest absolute Gasteiger partial charge is 0.279 e. The van der Waals surface area contributed by atoms with E-state index in [1.165, 1.54) is 4.70 Å². The van der Waals surface area contributed by atoms with E-state index in [2.05, 4.69) is 21.5 Å². The van der Waals surface area contributed by atoms with Gasteiger partial charge in [0.2, 0.25) is 0 Å². The van der Waals surface area contributed by atoms with E-state index in [1.54, 1.807) is 16.0 Å². The summed E-state index contributed by atoms with van der Waals surface area (Å²) in [4.78, 5) is 18.0. The lowest BCUT2D eigenvalue weighted by Crippen LogP contribution is -3.08. The van der Waals surface area contributed by atoms with Crippen LogP contribution in [0, 0.1) is 13.8 Å². The molecule has 0 spiro atoms. The Bertz CT molecular complexity index is 849. The largest absolute Gasteiger partial charge is 0.324 e. The van der Waals surface area contributed by atoms with Crippen LogP contribution in [0.5, 0.6) is 0 Å². The number of benzene rings is 1. The second-order valence-electron chi connectivity index (χ2n) is 6.10. The van der Waals surface area contributed by atoms with E-state index in [-0.39, 0.29) is 5.91 Å². The van der Waals surface area contributed by atoms with E-state index in [0.29, 0.717) is 6.54 Å². The van der Waals surface area contributed by atoms with E-state index in [9.17, 15) is 4.79 Å². The fourth-order valence-electron chi connectivity index (χ4n) is 2.73. The highest BCUT2D eigenvalue weighted by Crippen LogP contribution is 2.20. The van der Waals surface area contributed by atoms with Crippen molar-refractivity contribution in [2.45, 2.75) is 20.4 Å². The number of fused-ring (bicyclic) bond motifs is 1. The SMILES string of the molecule is Cc1nn(C)c(C)c1NC(=O)C[NH+](C)Cc1nc2ccccc2s1. The Labute approximate surface area is 145 Å². The number of hydrogen-bond donors (Lipinski definition) is 2. The molecule has 0 saturated carbocycles. The van der Waals surface area contributed by atoms with Crippen LogP contribution in [0.3, 0.4) is 0 Å². The van der Waals surface area contributed by atoms with Crippen molar-refractivity contribution in [1.82, 2.24) is 14.8 Å². The van der Waals surface area contributed by atoms with Crippen LogP contribution >= 0.6 is 11.3 Å². The second-order valence-corrected chi connectivity index (χ2v) is 7.22. The molecule has 0 saturated heterocycles. The molecule has 2 heterocycles. The third-order valence-corrected chi connectivity index (χ3v) is 5.06. The van der Waals surface area contributed by atoms with Crippen LogP contribution in [-0.2, 0) is 18.4 Å². The average Bonchev–Trinajstić information content (AvgIpc) is 3.02. The molecule has 2 N–H and O–H groups in total. The fourth-order valence-corrected chi connectivity index (χ4v) is 3.81. The summed E-state index contributed by atoms with van der Waals surface area (Å²) in [6.45, 7) is 4.98. The molecule has 0 aliphatic carbocycles. The highest BCUT2D eigenvalue weighted by molar-refractivity contribution is 7.18. The van der Waals surface area contributed by atoms with Gasteiger partial charge in [-0.3, -0.25) is 9.48 Å². The maximum Gasteiger partial charge on any atom is 0.279 e. The Kier molecular flexibility index (Phi) is 4.64. The van der Waals surface area contributed by atoms with Crippen molar-refractivity contribution < 1.29 is 9.69 Å². The van der Waals surface area contributed by atoms with E-state index in [4.69, 9.17) is 0 Å². The summed E-state index contributed by atoms with van der Waals surface area (Å²) in [6, 6.07) is 8.11. The number of carbonyl (C=O) groups excluding carboxylic acids is 1. The lowest BCUT2D eigenvalue weighted by molar-refractivity contribution is -0.885. The maximum atomic E-state index is 12.3. The third kappa shape index (κ3) is 3.47. The van der Waals surface area contributed by atoms with Gasteiger partial charge in [-0.1, -0.05) is 12.1 Å². The van der Waals surface area contributed by atoms with Gasteiger partial charge >= 0.3 is 0 Å². The summed E-state index contributed by atoms with van der Waals surface area (Å²) in [6.07, 6.45) is 0. The molecule has 3 rings (SSSR count). The molecule has 24 heavy (non-hydrogen) atoms. The Morgan fingerprint density at radius 3 is 2.75 bits per heavy atom. The number of likely N-dealkylation sites (N-methyl/N-ethyl adjacent to an activating group) is 1. The van der Waals surface area contributed by atoms with Gasteiger partial charge in [0, 0.05) is 7.05 Å². The van der Waals surface area contributed by atoms with Gasteiger partial charge in [-0.25, -0.2) is 4.98 Å². The Morgan fingerprint density at radius 2 is 2.08 bits per heavy atom. The van der Waals surface area contributed by atoms with Crippen molar-refractivity contribution in [1.29, 1.82) is 0 Å². The van der Waals surface area contributed by atoms with Gasteiger partial charge < -0.3 is 10.2 Å². The molecule has 1 aromatic carbocycles. The quantitative estimate of drug-likeness (QED) is 0.733. The molecule has 0 aliphatic rings. The monoisotopic (exact) mass is 344 g/mol. The minimum Gasteiger partial charge on any atom is -0.324 e. The number of anilines is 1. The topological polar surface area (TPSA) is 64.2 Å². The summed E-state index contributed by atoms with van der Waals surface area (Å²) < 4.78 is 2.97. The average molecular weight is 344 g/mol. The fraction of sp³-hybridized carbons (Fsp3) is 0.353. The van der Waals surface area contributed by atoms with Crippen LogP contribution in [0.25, 0.3) is 10.2 Å². The number of nitrogens with zero attached hydrogens (tertiary/aromatic N) is 3. The van der Waals surface area contributed by atoms with Crippen molar-refractivity contribution in [3.63, 3.8) is 0 Å². The van der Waals surface area contributed by atoms with E-state index >= 15 is 0 Å². The zero-order valence-electron chi connectivity index (χ0n) is 14.4. The Hall–Kier alpha value is -2.25. The zero-order valence-corrected chi connectivity index (χ0v) is 15.2. The molecular weight excluding hydrogens is 322 g/mol. The summed E-state index contributed by atoms with van der Waals surface area (Å²) in [5.74, 6) is -0.00666. The van der Waals surface area contributed by atoms with E-state index < -0.39 is 0 Å². The van der Waals surface area contributed by atoms with Gasteiger partial charge in [-0.2, -0.15) is 5.10 Å². The third-order valence-electron chi connectivity index (χ3n) is 4.03. The number of rotatable bonds is 5. The van der Waals surface area contributed by atoms with Crippen LogP contribution in [0.1, 0.15) is 16.4 Å².